The van der Waals surface area contributed by atoms with Gasteiger partial charge in [0.2, 0.25) is 0 Å². The quantitative estimate of drug-likeness (QED) is 0.554. The Hall–Kier alpha value is -0.650. The number of rotatable bonds is 4. The molecule has 5 nitrogen and oxygen atoms in total. The van der Waals surface area contributed by atoms with E-state index in [1.165, 1.54) is 0 Å². The minimum Gasteiger partial charge on any atom is -0.481 e. The van der Waals surface area contributed by atoms with Crippen molar-refractivity contribution in [3.63, 3.8) is 0 Å². The van der Waals surface area contributed by atoms with Gasteiger partial charge in [-0.15, -0.1) is 0 Å². The van der Waals surface area contributed by atoms with Gasteiger partial charge in [0.15, 0.2) is 0 Å². The number of hydrogen-bond acceptors (Lipinski definition) is 4. The topological polar surface area (TPSA) is 98.0 Å². The van der Waals surface area contributed by atoms with E-state index in [0.717, 1.165) is 44.9 Å². The average Bonchev–Trinajstić information content (AvgIpc) is 3.02. The molecule has 0 aliphatic heterocycles. The lowest BCUT2D eigenvalue weighted by Crippen LogP contribution is -2.62. The highest BCUT2D eigenvalue weighted by Crippen LogP contribution is 2.68. The molecule has 1 unspecified atom stereocenters. The third-order valence-corrected chi connectivity index (χ3v) is 10.7. The van der Waals surface area contributed by atoms with Crippen LogP contribution in [0.4, 0.5) is 0 Å². The second-order valence-electron chi connectivity index (χ2n) is 12.0. The van der Waals surface area contributed by atoms with E-state index < -0.39 is 12.1 Å². The summed E-state index contributed by atoms with van der Waals surface area (Å²) in [6, 6.07) is 0. The van der Waals surface area contributed by atoms with Crippen molar-refractivity contribution in [2.24, 2.45) is 52.3 Å². The minimum absolute atomic E-state index is 0.0902. The SMILES string of the molecule is CC(C[C@@H](C)[C@H]1CC[C@H]2[C@@H]3[C@@H](O)C[C@@H]4C[C@H](O)CC[C@]4(C)[C@H]3C[C@H](O)[C@]12C)C(=O)O. The molecule has 4 N–H and O–H groups in total. The average molecular weight is 423 g/mol. The second-order valence-corrected chi connectivity index (χ2v) is 12.0. The summed E-state index contributed by atoms with van der Waals surface area (Å²) < 4.78 is 0. The molecule has 0 heterocycles. The predicted molar refractivity (Wildman–Crippen MR) is 115 cm³/mol. The lowest BCUT2D eigenvalue weighted by molar-refractivity contribution is -0.207. The number of carboxylic acid groups (broad SMARTS) is 1. The van der Waals surface area contributed by atoms with Crippen LogP contribution in [0.3, 0.4) is 0 Å². The van der Waals surface area contributed by atoms with Gasteiger partial charge in [-0.1, -0.05) is 27.7 Å². The van der Waals surface area contributed by atoms with Gasteiger partial charge >= 0.3 is 5.97 Å². The van der Waals surface area contributed by atoms with Crippen LogP contribution in [-0.2, 0) is 4.79 Å². The lowest BCUT2D eigenvalue weighted by atomic mass is 9.43. The summed E-state index contributed by atoms with van der Waals surface area (Å²) in [6.07, 6.45) is 5.75. The first-order chi connectivity index (χ1) is 14.0. The van der Waals surface area contributed by atoms with Gasteiger partial charge in [0, 0.05) is 0 Å². The Balaban J connectivity index is 1.61. The first-order valence-corrected chi connectivity index (χ1v) is 12.3. The molecular formula is C25H42O5. The molecule has 0 aromatic heterocycles. The molecule has 0 bridgehead atoms. The molecule has 4 aliphatic carbocycles. The molecule has 0 saturated heterocycles. The van der Waals surface area contributed by atoms with Crippen molar-refractivity contribution in [1.29, 1.82) is 0 Å². The molecule has 0 aromatic carbocycles. The van der Waals surface area contributed by atoms with E-state index in [1.807, 2.05) is 0 Å². The zero-order chi connectivity index (χ0) is 22.0. The summed E-state index contributed by atoms with van der Waals surface area (Å²) in [5.41, 5.74) is -0.163. The fraction of sp³-hybridized carbons (Fsp3) is 0.960. The van der Waals surface area contributed by atoms with Crippen LogP contribution in [0.25, 0.3) is 0 Å². The van der Waals surface area contributed by atoms with Crippen LogP contribution in [0.1, 0.15) is 79.1 Å². The lowest BCUT2D eigenvalue weighted by Gasteiger charge is -2.63. The summed E-state index contributed by atoms with van der Waals surface area (Å²) >= 11 is 0. The van der Waals surface area contributed by atoms with Gasteiger partial charge in [0.05, 0.1) is 24.2 Å². The van der Waals surface area contributed by atoms with Crippen LogP contribution in [-0.4, -0.2) is 44.7 Å². The van der Waals surface area contributed by atoms with Crippen molar-refractivity contribution >= 4 is 5.97 Å². The second kappa shape index (κ2) is 7.74. The van der Waals surface area contributed by atoms with Crippen molar-refractivity contribution in [2.75, 3.05) is 0 Å². The number of fused-ring (bicyclic) bond motifs is 5. The first kappa shape index (κ1) is 22.5. The third kappa shape index (κ3) is 3.26. The Labute approximate surface area is 181 Å². The van der Waals surface area contributed by atoms with Crippen LogP contribution in [0.15, 0.2) is 0 Å². The van der Waals surface area contributed by atoms with E-state index in [4.69, 9.17) is 0 Å². The Kier molecular flexibility index (Phi) is 5.81. The zero-order valence-corrected chi connectivity index (χ0v) is 19.1. The Morgan fingerprint density at radius 2 is 1.70 bits per heavy atom. The van der Waals surface area contributed by atoms with Gasteiger partial charge in [-0.2, -0.15) is 0 Å². The molecule has 0 aromatic rings. The normalized spacial score (nSPS) is 52.6. The largest absolute Gasteiger partial charge is 0.481 e. The maximum atomic E-state index is 11.5. The molecule has 12 atom stereocenters. The maximum Gasteiger partial charge on any atom is 0.306 e. The first-order valence-electron chi connectivity index (χ1n) is 12.3. The van der Waals surface area contributed by atoms with Gasteiger partial charge in [0.1, 0.15) is 0 Å². The van der Waals surface area contributed by atoms with Crippen LogP contribution >= 0.6 is 0 Å². The highest BCUT2D eigenvalue weighted by Gasteiger charge is 2.65. The molecule has 0 spiro atoms. The number of carboxylic acids is 1. The van der Waals surface area contributed by atoms with Gasteiger partial charge in [-0.3, -0.25) is 4.79 Å². The van der Waals surface area contributed by atoms with Crippen molar-refractivity contribution in [1.82, 2.24) is 0 Å². The Morgan fingerprint density at radius 1 is 1.00 bits per heavy atom. The van der Waals surface area contributed by atoms with E-state index in [0.29, 0.717) is 30.1 Å². The summed E-state index contributed by atoms with van der Waals surface area (Å²) in [5.74, 6) is 0.567. The summed E-state index contributed by atoms with van der Waals surface area (Å²) in [4.78, 5) is 11.4. The van der Waals surface area contributed by atoms with E-state index in [-0.39, 0.29) is 40.8 Å². The Bertz CT molecular complexity index is 666. The maximum absolute atomic E-state index is 11.5. The molecule has 4 fully saturated rings. The van der Waals surface area contributed by atoms with Crippen LogP contribution in [0.5, 0.6) is 0 Å². The number of aliphatic carboxylic acids is 1. The van der Waals surface area contributed by atoms with Gasteiger partial charge in [0.25, 0.3) is 0 Å². The van der Waals surface area contributed by atoms with Crippen molar-refractivity contribution < 1.29 is 25.2 Å². The van der Waals surface area contributed by atoms with Crippen molar-refractivity contribution in [2.45, 2.75) is 97.4 Å². The highest BCUT2D eigenvalue weighted by atomic mass is 16.4. The molecule has 0 radical (unpaired) electrons. The standard InChI is InChI=1S/C25H42O5/c1-13(9-14(2)23(29)30)17-5-6-18-22-19(12-21(28)25(17,18)4)24(3)8-7-16(26)10-15(24)11-20(22)27/h13-22,26-28H,5-12H2,1-4H3,(H,29,30)/t13-,14?,15+,16-,17-,18+,19+,20+,21+,22+,24+,25-/m1/s1. The van der Waals surface area contributed by atoms with Gasteiger partial charge in [-0.05, 0) is 97.7 Å². The number of aliphatic hydroxyl groups is 3. The zero-order valence-electron chi connectivity index (χ0n) is 19.1. The number of hydrogen-bond donors (Lipinski definition) is 4. The van der Waals surface area contributed by atoms with Crippen LogP contribution < -0.4 is 0 Å². The molecule has 4 aliphatic rings. The molecule has 5 heteroatoms. The molecule has 30 heavy (non-hydrogen) atoms. The highest BCUT2D eigenvalue weighted by molar-refractivity contribution is 5.69. The van der Waals surface area contributed by atoms with Crippen LogP contribution in [0, 0.1) is 52.3 Å². The number of carbonyl (C=O) groups is 1. The summed E-state index contributed by atoms with van der Waals surface area (Å²) in [6.45, 7) is 8.52. The molecule has 4 saturated carbocycles. The monoisotopic (exact) mass is 422 g/mol. The molecular weight excluding hydrogens is 380 g/mol. The summed E-state index contributed by atoms with van der Waals surface area (Å²) in [7, 11) is 0. The predicted octanol–water partition coefficient (Wildman–Crippen LogP) is 3.69. The molecule has 172 valence electrons. The van der Waals surface area contributed by atoms with Crippen LogP contribution in [0.2, 0.25) is 0 Å². The third-order valence-electron chi connectivity index (χ3n) is 10.7. The Morgan fingerprint density at radius 3 is 2.37 bits per heavy atom. The van der Waals surface area contributed by atoms with E-state index >= 15 is 0 Å². The number of aliphatic hydroxyl groups excluding tert-OH is 3. The van der Waals surface area contributed by atoms with E-state index in [9.17, 15) is 25.2 Å². The van der Waals surface area contributed by atoms with Gasteiger partial charge < -0.3 is 20.4 Å². The van der Waals surface area contributed by atoms with Gasteiger partial charge in [-0.25, -0.2) is 0 Å². The fourth-order valence-corrected chi connectivity index (χ4v) is 8.95. The minimum atomic E-state index is -0.744. The van der Waals surface area contributed by atoms with Crippen molar-refractivity contribution in [3.05, 3.63) is 0 Å². The summed E-state index contributed by atoms with van der Waals surface area (Å²) in [5, 5.41) is 42.4. The molecule has 0 amide bonds. The molecule has 4 rings (SSSR count). The van der Waals surface area contributed by atoms with E-state index in [1.54, 1.807) is 6.92 Å². The van der Waals surface area contributed by atoms with E-state index in [2.05, 4.69) is 20.8 Å². The van der Waals surface area contributed by atoms with Crippen molar-refractivity contribution in [3.8, 4) is 0 Å². The fourth-order valence-electron chi connectivity index (χ4n) is 8.95. The smallest absolute Gasteiger partial charge is 0.306 e.